The van der Waals surface area contributed by atoms with Crippen molar-refractivity contribution in [3.05, 3.63) is 24.2 Å². The number of guanidine groups is 1. The van der Waals surface area contributed by atoms with Gasteiger partial charge in [-0.15, -0.1) is 24.0 Å². The molecule has 3 saturated heterocycles. The number of aliphatic imine (C=N–C) groups is 1. The van der Waals surface area contributed by atoms with Crippen molar-refractivity contribution in [1.82, 2.24) is 15.5 Å². The van der Waals surface area contributed by atoms with Crippen LogP contribution in [0.2, 0.25) is 0 Å². The van der Waals surface area contributed by atoms with Gasteiger partial charge in [0.05, 0.1) is 12.9 Å². The summed E-state index contributed by atoms with van der Waals surface area (Å²) in [7, 11) is 0. The Morgan fingerprint density at radius 3 is 2.61 bits per heavy atom. The number of piperidine rings is 1. The number of nitrogens with zero attached hydrogens (tertiary/aromatic N) is 2. The van der Waals surface area contributed by atoms with Crippen LogP contribution in [-0.4, -0.2) is 67.0 Å². The lowest BCUT2D eigenvalue weighted by Gasteiger charge is -2.40. The lowest BCUT2D eigenvalue weighted by Crippen LogP contribution is -2.55. The number of furan rings is 1. The first-order valence-electron chi connectivity index (χ1n) is 12.0. The van der Waals surface area contributed by atoms with Gasteiger partial charge in [-0.2, -0.15) is 0 Å². The summed E-state index contributed by atoms with van der Waals surface area (Å²) in [5.41, 5.74) is -0.465. The van der Waals surface area contributed by atoms with Crippen molar-refractivity contribution < 1.29 is 18.7 Å². The van der Waals surface area contributed by atoms with E-state index in [1.165, 1.54) is 0 Å². The molecule has 9 heteroatoms. The van der Waals surface area contributed by atoms with Crippen molar-refractivity contribution in [1.29, 1.82) is 0 Å². The minimum absolute atomic E-state index is 0. The van der Waals surface area contributed by atoms with E-state index in [1.807, 2.05) is 37.8 Å². The summed E-state index contributed by atoms with van der Waals surface area (Å²) in [6, 6.07) is 4.66. The van der Waals surface area contributed by atoms with Crippen molar-refractivity contribution in [2.45, 2.75) is 83.0 Å². The summed E-state index contributed by atoms with van der Waals surface area (Å²) >= 11 is 0. The number of rotatable bonds is 6. The van der Waals surface area contributed by atoms with Crippen molar-refractivity contribution in [3.8, 4) is 0 Å². The number of amides is 1. The molecule has 4 heterocycles. The highest BCUT2D eigenvalue weighted by molar-refractivity contribution is 14.0. The Kier molecular flexibility index (Phi) is 9.32. The van der Waals surface area contributed by atoms with Crippen LogP contribution in [-0.2, 0) is 15.9 Å². The minimum atomic E-state index is -0.465. The molecular formula is C24H39IN4O4. The van der Waals surface area contributed by atoms with E-state index < -0.39 is 5.60 Å². The SMILES string of the molecule is CC(C)(C)OC(=O)N1C2CCC1CC(NC(=NCC1CCOC1)NCCc1ccco1)C2.I. The number of halogens is 1. The second kappa shape index (κ2) is 11.8. The van der Waals surface area contributed by atoms with Crippen LogP contribution < -0.4 is 10.6 Å². The van der Waals surface area contributed by atoms with E-state index in [4.69, 9.17) is 18.9 Å². The van der Waals surface area contributed by atoms with Crippen LogP contribution >= 0.6 is 24.0 Å². The Labute approximate surface area is 214 Å². The van der Waals surface area contributed by atoms with Crippen LogP contribution in [0, 0.1) is 5.92 Å². The highest BCUT2D eigenvalue weighted by Gasteiger charge is 2.45. The molecule has 1 aromatic rings. The molecule has 3 unspecified atom stereocenters. The second-order valence-corrected chi connectivity index (χ2v) is 10.3. The summed E-state index contributed by atoms with van der Waals surface area (Å²) in [6.07, 6.45) is 7.33. The standard InChI is InChI=1S/C24H38N4O4.HI/c1-24(2,3)32-23(29)28-19-6-7-20(28)14-18(13-19)27-22(26-15-17-9-12-30-16-17)25-10-8-21-5-4-11-31-21;/h4-5,11,17-20H,6-10,12-16H2,1-3H3,(H2,25,26,27);1H. The Hall–Kier alpha value is -1.49. The van der Waals surface area contributed by atoms with E-state index in [0.717, 1.165) is 76.5 Å². The average molecular weight is 575 g/mol. The number of hydrogen-bond donors (Lipinski definition) is 2. The van der Waals surface area contributed by atoms with Gasteiger partial charge >= 0.3 is 6.09 Å². The van der Waals surface area contributed by atoms with Gasteiger partial charge in [0.15, 0.2) is 5.96 Å². The summed E-state index contributed by atoms with van der Waals surface area (Å²) in [6.45, 7) is 8.92. The van der Waals surface area contributed by atoms with E-state index in [2.05, 4.69) is 10.6 Å². The van der Waals surface area contributed by atoms with Crippen LogP contribution in [0.4, 0.5) is 4.79 Å². The zero-order valence-electron chi connectivity index (χ0n) is 20.0. The van der Waals surface area contributed by atoms with E-state index in [-0.39, 0.29) is 42.2 Å². The van der Waals surface area contributed by atoms with Gasteiger partial charge in [-0.3, -0.25) is 4.99 Å². The number of hydrogen-bond acceptors (Lipinski definition) is 5. The smallest absolute Gasteiger partial charge is 0.410 e. The zero-order valence-corrected chi connectivity index (χ0v) is 22.4. The predicted octanol–water partition coefficient (Wildman–Crippen LogP) is 3.94. The van der Waals surface area contributed by atoms with Crippen molar-refractivity contribution >= 4 is 36.0 Å². The second-order valence-electron chi connectivity index (χ2n) is 10.3. The third kappa shape index (κ3) is 7.50. The van der Waals surface area contributed by atoms with Gasteiger partial charge in [0, 0.05) is 50.2 Å². The van der Waals surface area contributed by atoms with Gasteiger partial charge in [-0.05, 0) is 65.0 Å². The van der Waals surface area contributed by atoms with Crippen LogP contribution in [0.15, 0.2) is 27.8 Å². The van der Waals surface area contributed by atoms with E-state index in [0.29, 0.717) is 12.0 Å². The largest absolute Gasteiger partial charge is 0.469 e. The maximum atomic E-state index is 12.7. The molecule has 3 aliphatic rings. The third-order valence-electron chi connectivity index (χ3n) is 6.45. The average Bonchev–Trinajstić information content (AvgIpc) is 3.46. The molecule has 186 valence electrons. The molecule has 3 atom stereocenters. The summed E-state index contributed by atoms with van der Waals surface area (Å²) in [5.74, 6) is 2.30. The van der Waals surface area contributed by atoms with Gasteiger partial charge in [0.25, 0.3) is 0 Å². The molecule has 0 aliphatic carbocycles. The monoisotopic (exact) mass is 574 g/mol. The number of nitrogens with one attached hydrogen (secondary N) is 2. The lowest BCUT2D eigenvalue weighted by atomic mass is 9.98. The maximum absolute atomic E-state index is 12.7. The van der Waals surface area contributed by atoms with Crippen LogP contribution in [0.5, 0.6) is 0 Å². The van der Waals surface area contributed by atoms with Gasteiger partial charge < -0.3 is 29.4 Å². The molecule has 3 aliphatic heterocycles. The molecule has 2 bridgehead atoms. The van der Waals surface area contributed by atoms with E-state index in [9.17, 15) is 4.79 Å². The molecule has 8 nitrogen and oxygen atoms in total. The van der Waals surface area contributed by atoms with Gasteiger partial charge in [-0.25, -0.2) is 4.79 Å². The molecule has 1 aromatic heterocycles. The number of carbonyl (C=O) groups is 1. The van der Waals surface area contributed by atoms with Gasteiger partial charge in [-0.1, -0.05) is 0 Å². The molecule has 0 aromatic carbocycles. The molecular weight excluding hydrogens is 535 g/mol. The van der Waals surface area contributed by atoms with E-state index >= 15 is 0 Å². The molecule has 0 spiro atoms. The molecule has 33 heavy (non-hydrogen) atoms. The van der Waals surface area contributed by atoms with E-state index in [1.54, 1.807) is 6.26 Å². The number of fused-ring (bicyclic) bond motifs is 2. The van der Waals surface area contributed by atoms with Crippen LogP contribution in [0.25, 0.3) is 0 Å². The Bertz CT molecular complexity index is 760. The summed E-state index contributed by atoms with van der Waals surface area (Å²) < 4.78 is 16.6. The number of carbonyl (C=O) groups excluding carboxylic acids is 1. The summed E-state index contributed by atoms with van der Waals surface area (Å²) in [4.78, 5) is 19.6. The Morgan fingerprint density at radius 2 is 2.00 bits per heavy atom. The van der Waals surface area contributed by atoms with Crippen molar-refractivity contribution in [2.75, 3.05) is 26.3 Å². The van der Waals surface area contributed by atoms with Gasteiger partial charge in [0.1, 0.15) is 11.4 Å². The molecule has 0 saturated carbocycles. The first-order valence-corrected chi connectivity index (χ1v) is 12.0. The molecule has 2 N–H and O–H groups in total. The number of ether oxygens (including phenoxy) is 2. The van der Waals surface area contributed by atoms with Crippen LogP contribution in [0.1, 0.15) is 58.6 Å². The first kappa shape index (κ1) is 26.1. The quantitative estimate of drug-likeness (QED) is 0.304. The highest BCUT2D eigenvalue weighted by Crippen LogP contribution is 2.36. The first-order chi connectivity index (χ1) is 15.4. The minimum Gasteiger partial charge on any atom is -0.469 e. The lowest BCUT2D eigenvalue weighted by molar-refractivity contribution is 0.00545. The summed E-state index contributed by atoms with van der Waals surface area (Å²) in [5, 5.41) is 7.13. The topological polar surface area (TPSA) is 88.3 Å². The predicted molar refractivity (Wildman–Crippen MR) is 138 cm³/mol. The molecule has 4 rings (SSSR count). The third-order valence-corrected chi connectivity index (χ3v) is 6.45. The fraction of sp³-hybridized carbons (Fsp3) is 0.750. The van der Waals surface area contributed by atoms with Crippen molar-refractivity contribution in [2.24, 2.45) is 10.9 Å². The maximum Gasteiger partial charge on any atom is 0.410 e. The molecule has 3 fully saturated rings. The zero-order chi connectivity index (χ0) is 22.6. The normalized spacial score (nSPS) is 27.2. The fourth-order valence-electron chi connectivity index (χ4n) is 4.96. The fourth-order valence-corrected chi connectivity index (χ4v) is 4.96. The molecule has 1 amide bonds. The molecule has 0 radical (unpaired) electrons. The highest BCUT2D eigenvalue weighted by atomic mass is 127. The van der Waals surface area contributed by atoms with Crippen molar-refractivity contribution in [3.63, 3.8) is 0 Å². The Morgan fingerprint density at radius 1 is 1.24 bits per heavy atom. The van der Waals surface area contributed by atoms with Crippen LogP contribution in [0.3, 0.4) is 0 Å². The van der Waals surface area contributed by atoms with Gasteiger partial charge in [0.2, 0.25) is 0 Å². The Balaban J connectivity index is 0.00000306.